The van der Waals surface area contributed by atoms with Crippen molar-refractivity contribution in [3.63, 3.8) is 0 Å². The monoisotopic (exact) mass is 536 g/mol. The summed E-state index contributed by atoms with van der Waals surface area (Å²) >= 11 is 3.16. The van der Waals surface area contributed by atoms with E-state index in [1.54, 1.807) is 18.4 Å². The van der Waals surface area contributed by atoms with Crippen LogP contribution >= 0.6 is 22.7 Å². The van der Waals surface area contributed by atoms with Crippen molar-refractivity contribution in [3.8, 4) is 15.5 Å². The van der Waals surface area contributed by atoms with Crippen molar-refractivity contribution in [3.05, 3.63) is 41.3 Å². The molecule has 1 aromatic carbocycles. The lowest BCUT2D eigenvalue weighted by molar-refractivity contribution is -0.144. The Kier molecular flexibility index (Phi) is 7.29. The number of benzene rings is 1. The summed E-state index contributed by atoms with van der Waals surface area (Å²) in [5, 5.41) is 1.10. The molecule has 34 heavy (non-hydrogen) atoms. The maximum Gasteiger partial charge on any atom is 0.307 e. The van der Waals surface area contributed by atoms with Crippen LogP contribution in [0.2, 0.25) is 25.7 Å². The van der Waals surface area contributed by atoms with Crippen LogP contribution in [0.5, 0.6) is 5.75 Å². The van der Waals surface area contributed by atoms with E-state index < -0.39 is 28.6 Å². The Balaban J connectivity index is 1.64. The Labute approximate surface area is 211 Å². The molecule has 0 spiro atoms. The number of fused-ring (bicyclic) bond motifs is 1. The van der Waals surface area contributed by atoms with Crippen LogP contribution < -0.4 is 4.74 Å². The van der Waals surface area contributed by atoms with Crippen molar-refractivity contribution in [2.45, 2.75) is 56.1 Å². The van der Waals surface area contributed by atoms with E-state index in [0.29, 0.717) is 19.4 Å². The second-order valence-electron chi connectivity index (χ2n) is 10.2. The largest absolute Gasteiger partial charge is 0.497 e. The first kappa shape index (κ1) is 25.4. The third-order valence-electron chi connectivity index (χ3n) is 6.41. The predicted molar refractivity (Wildman–Crippen MR) is 145 cm³/mol. The van der Waals surface area contributed by atoms with E-state index in [1.807, 2.05) is 30.3 Å². The van der Waals surface area contributed by atoms with Gasteiger partial charge >= 0.3 is 5.97 Å². The number of carbonyl (C=O) groups excluding carboxylic acids is 1. The van der Waals surface area contributed by atoms with Crippen molar-refractivity contribution >= 4 is 56.6 Å². The molecule has 1 fully saturated rings. The van der Waals surface area contributed by atoms with E-state index in [0.717, 1.165) is 42.9 Å². The van der Waals surface area contributed by atoms with Crippen LogP contribution in [0.1, 0.15) is 30.6 Å². The molecule has 0 unspecified atom stereocenters. The van der Waals surface area contributed by atoms with Crippen LogP contribution in [0.3, 0.4) is 0 Å². The summed E-state index contributed by atoms with van der Waals surface area (Å²) in [5.41, 5.74) is 0. The molecule has 0 aliphatic carbocycles. The molecule has 4 rings (SSSR count). The minimum Gasteiger partial charge on any atom is -0.497 e. The summed E-state index contributed by atoms with van der Waals surface area (Å²) in [5.74, 6) is 0.515. The highest BCUT2D eigenvalue weighted by Crippen LogP contribution is 2.48. The number of ether oxygens (including phenoxy) is 2. The average Bonchev–Trinajstić information content (AvgIpc) is 3.41. The van der Waals surface area contributed by atoms with Crippen molar-refractivity contribution in [1.82, 2.24) is 0 Å². The predicted octanol–water partition coefficient (Wildman–Crippen LogP) is 6.70. The van der Waals surface area contributed by atoms with Crippen LogP contribution in [0.15, 0.2) is 36.4 Å². The summed E-state index contributed by atoms with van der Waals surface area (Å²) in [6.45, 7) is 7.05. The molecule has 3 aromatic rings. The molecular weight excluding hydrogens is 505 g/mol. The van der Waals surface area contributed by atoms with Crippen LogP contribution in [-0.2, 0) is 24.1 Å². The zero-order valence-corrected chi connectivity index (χ0v) is 23.6. The lowest BCUT2D eigenvalue weighted by atomic mass is 9.95. The molecule has 5 nitrogen and oxygen atoms in total. The Bertz CT molecular complexity index is 1290. The Morgan fingerprint density at radius 1 is 1.06 bits per heavy atom. The van der Waals surface area contributed by atoms with Gasteiger partial charge in [0.2, 0.25) is 0 Å². The summed E-state index contributed by atoms with van der Waals surface area (Å²) in [6.07, 6.45) is 1.79. The molecule has 1 atom stereocenters. The van der Waals surface area contributed by atoms with E-state index in [9.17, 15) is 13.2 Å². The van der Waals surface area contributed by atoms with Gasteiger partial charge in [-0.2, -0.15) is 0 Å². The third-order valence-corrected chi connectivity index (χ3v) is 13.4. The van der Waals surface area contributed by atoms with Crippen molar-refractivity contribution in [1.29, 1.82) is 0 Å². The van der Waals surface area contributed by atoms with Gasteiger partial charge in [0.1, 0.15) is 10.5 Å². The van der Waals surface area contributed by atoms with Gasteiger partial charge in [0, 0.05) is 27.4 Å². The molecule has 3 heterocycles. The van der Waals surface area contributed by atoms with E-state index in [1.165, 1.54) is 11.3 Å². The van der Waals surface area contributed by atoms with Crippen LogP contribution in [0, 0.1) is 0 Å². The second-order valence-corrected chi connectivity index (χ2v) is 20.4. The Morgan fingerprint density at radius 3 is 2.56 bits per heavy atom. The van der Waals surface area contributed by atoms with Gasteiger partial charge in [-0.05, 0) is 60.7 Å². The zero-order chi connectivity index (χ0) is 24.6. The van der Waals surface area contributed by atoms with E-state index in [2.05, 4.69) is 25.7 Å². The number of methoxy groups -OCH3 is 1. The fourth-order valence-electron chi connectivity index (χ4n) is 4.36. The normalized spacial score (nSPS) is 20.4. The first-order valence-electron chi connectivity index (χ1n) is 11.6. The maximum atomic E-state index is 13.4. The Hall–Kier alpha value is -1.68. The lowest BCUT2D eigenvalue weighted by Crippen LogP contribution is -2.42. The molecule has 0 N–H and O–H groups in total. The van der Waals surface area contributed by atoms with E-state index in [-0.39, 0.29) is 12.2 Å². The average molecular weight is 537 g/mol. The third kappa shape index (κ3) is 5.27. The molecule has 1 aliphatic rings. The number of thiophene rings is 2. The quantitative estimate of drug-likeness (QED) is 0.237. The number of esters is 1. The van der Waals surface area contributed by atoms with E-state index in [4.69, 9.17) is 9.47 Å². The molecule has 2 aromatic heterocycles. The van der Waals surface area contributed by atoms with Gasteiger partial charge in [-0.3, -0.25) is 4.79 Å². The fourth-order valence-corrected chi connectivity index (χ4v) is 9.96. The summed E-state index contributed by atoms with van der Waals surface area (Å²) in [4.78, 5) is 15.7. The van der Waals surface area contributed by atoms with Crippen molar-refractivity contribution in [2.24, 2.45) is 0 Å². The molecule has 0 saturated carbocycles. The first-order valence-corrected chi connectivity index (χ1v) is 18.6. The second kappa shape index (κ2) is 9.76. The van der Waals surface area contributed by atoms with Gasteiger partial charge in [-0.25, -0.2) is 8.42 Å². The summed E-state index contributed by atoms with van der Waals surface area (Å²) < 4.78 is 37.7. The smallest absolute Gasteiger partial charge is 0.307 e. The number of rotatable bonds is 8. The topological polar surface area (TPSA) is 69.7 Å². The minimum absolute atomic E-state index is 0.107. The van der Waals surface area contributed by atoms with Crippen LogP contribution in [0.25, 0.3) is 19.8 Å². The number of hydrogen-bond donors (Lipinski definition) is 0. The highest BCUT2D eigenvalue weighted by atomic mass is 32.2. The number of hydrogen-bond acceptors (Lipinski definition) is 7. The fraction of sp³-hybridized carbons (Fsp3) is 0.480. The van der Waals surface area contributed by atoms with Crippen LogP contribution in [-0.4, -0.2) is 41.9 Å². The molecule has 0 amide bonds. The lowest BCUT2D eigenvalue weighted by Gasteiger charge is -2.35. The molecule has 9 heteroatoms. The molecule has 1 aliphatic heterocycles. The number of carbonyl (C=O) groups is 1. The first-order chi connectivity index (χ1) is 16.0. The van der Waals surface area contributed by atoms with Gasteiger partial charge in [0.15, 0.2) is 9.84 Å². The maximum absolute atomic E-state index is 13.4. The minimum atomic E-state index is -3.48. The van der Waals surface area contributed by atoms with Crippen molar-refractivity contribution < 1.29 is 22.7 Å². The van der Waals surface area contributed by atoms with Gasteiger partial charge in [0.05, 0.1) is 25.9 Å². The standard InChI is InChI=1S/C25H32O5S3Si/c1-29-19-7-8-20-18(15-19)16-22(31-20)21-9-10-23(32-21)25(11-5-6-13-33(25,27)28)17-24(26)30-12-14-34(2,3)4/h7-10,15-16H,5-6,11-14,17H2,1-4H3/t25-/m0/s1. The Morgan fingerprint density at radius 2 is 1.85 bits per heavy atom. The highest BCUT2D eigenvalue weighted by molar-refractivity contribution is 7.92. The van der Waals surface area contributed by atoms with Gasteiger partial charge in [0.25, 0.3) is 0 Å². The van der Waals surface area contributed by atoms with Gasteiger partial charge < -0.3 is 9.47 Å². The molecule has 0 radical (unpaired) electrons. The molecule has 184 valence electrons. The SMILES string of the molecule is COc1ccc2sc(-c3ccc([C@@]4(CC(=O)OCC[Si](C)(C)C)CCCCS4(=O)=O)s3)cc2c1. The zero-order valence-electron chi connectivity index (χ0n) is 20.2. The van der Waals surface area contributed by atoms with Crippen LogP contribution in [0.4, 0.5) is 0 Å². The van der Waals surface area contributed by atoms with E-state index >= 15 is 0 Å². The van der Waals surface area contributed by atoms with Crippen molar-refractivity contribution in [2.75, 3.05) is 19.5 Å². The molecule has 0 bridgehead atoms. The summed E-state index contributed by atoms with van der Waals surface area (Å²) in [6, 6.07) is 12.9. The molecular formula is C25H32O5S3Si. The highest BCUT2D eigenvalue weighted by Gasteiger charge is 2.49. The van der Waals surface area contributed by atoms with Gasteiger partial charge in [-0.15, -0.1) is 22.7 Å². The number of sulfone groups is 1. The summed E-state index contributed by atoms with van der Waals surface area (Å²) in [7, 11) is -3.17. The van der Waals surface area contributed by atoms with Gasteiger partial charge in [-0.1, -0.05) is 26.1 Å². The molecule has 1 saturated heterocycles.